The van der Waals surface area contributed by atoms with Crippen molar-refractivity contribution in [1.82, 2.24) is 9.97 Å². The SMILES string of the molecule is Cc1cc2nc(NC(=O)C(C)(C)C)[nH]c(=O)c2c2ccccc12. The van der Waals surface area contributed by atoms with Gasteiger partial charge in [0.1, 0.15) is 0 Å². The molecule has 0 fully saturated rings. The first kappa shape index (κ1) is 15.2. The molecule has 0 aliphatic heterocycles. The molecule has 0 aliphatic rings. The van der Waals surface area contributed by atoms with Gasteiger partial charge < -0.3 is 0 Å². The third-order valence-electron chi connectivity index (χ3n) is 3.83. The molecular formula is C18H19N3O2. The summed E-state index contributed by atoms with van der Waals surface area (Å²) in [7, 11) is 0. The number of hydrogen-bond donors (Lipinski definition) is 2. The summed E-state index contributed by atoms with van der Waals surface area (Å²) in [6.07, 6.45) is 0. The Bertz CT molecular complexity index is 981. The predicted molar refractivity (Wildman–Crippen MR) is 92.7 cm³/mol. The fourth-order valence-electron chi connectivity index (χ4n) is 2.54. The van der Waals surface area contributed by atoms with Crippen molar-refractivity contribution in [3.05, 3.63) is 46.2 Å². The smallest absolute Gasteiger partial charge is 0.260 e. The first-order chi connectivity index (χ1) is 10.8. The van der Waals surface area contributed by atoms with Crippen molar-refractivity contribution in [2.75, 3.05) is 5.32 Å². The van der Waals surface area contributed by atoms with Crippen LogP contribution in [0.2, 0.25) is 0 Å². The Balaban J connectivity index is 2.22. The number of hydrogen-bond acceptors (Lipinski definition) is 3. The molecule has 0 saturated carbocycles. The van der Waals surface area contributed by atoms with Crippen molar-refractivity contribution in [3.63, 3.8) is 0 Å². The monoisotopic (exact) mass is 309 g/mol. The van der Waals surface area contributed by atoms with Gasteiger partial charge in [0.2, 0.25) is 11.9 Å². The Hall–Kier alpha value is -2.69. The lowest BCUT2D eigenvalue weighted by atomic mass is 9.96. The number of nitrogens with one attached hydrogen (secondary N) is 2. The number of aromatic nitrogens is 2. The summed E-state index contributed by atoms with van der Waals surface area (Å²) < 4.78 is 0. The Morgan fingerprint density at radius 1 is 1.17 bits per heavy atom. The molecule has 0 spiro atoms. The van der Waals surface area contributed by atoms with Crippen molar-refractivity contribution in [2.24, 2.45) is 5.41 Å². The Morgan fingerprint density at radius 2 is 1.83 bits per heavy atom. The maximum absolute atomic E-state index is 12.5. The molecule has 0 radical (unpaired) electrons. The lowest BCUT2D eigenvalue weighted by Gasteiger charge is -2.17. The van der Waals surface area contributed by atoms with Gasteiger partial charge in [-0.2, -0.15) is 0 Å². The number of carbonyl (C=O) groups is 1. The second kappa shape index (κ2) is 5.19. The molecule has 0 aliphatic carbocycles. The molecule has 118 valence electrons. The average Bonchev–Trinajstić information content (AvgIpc) is 2.46. The molecule has 3 aromatic rings. The van der Waals surface area contributed by atoms with Gasteiger partial charge in [-0.1, -0.05) is 45.0 Å². The normalized spacial score (nSPS) is 11.8. The van der Waals surface area contributed by atoms with E-state index in [1.807, 2.05) is 37.3 Å². The molecule has 0 unspecified atom stereocenters. The molecule has 5 heteroatoms. The average molecular weight is 309 g/mol. The molecule has 1 aromatic heterocycles. The van der Waals surface area contributed by atoms with E-state index in [1.165, 1.54) is 0 Å². The highest BCUT2D eigenvalue weighted by Gasteiger charge is 2.22. The number of rotatable bonds is 1. The van der Waals surface area contributed by atoms with E-state index < -0.39 is 5.41 Å². The third-order valence-corrected chi connectivity index (χ3v) is 3.83. The molecule has 1 heterocycles. The zero-order chi connectivity index (χ0) is 16.8. The fourth-order valence-corrected chi connectivity index (χ4v) is 2.54. The fraction of sp³-hybridized carbons (Fsp3) is 0.278. The third kappa shape index (κ3) is 2.70. The first-order valence-electron chi connectivity index (χ1n) is 7.51. The molecule has 2 aromatic carbocycles. The summed E-state index contributed by atoms with van der Waals surface area (Å²) in [6.45, 7) is 7.40. The predicted octanol–water partition coefficient (Wildman–Crippen LogP) is 3.37. The van der Waals surface area contributed by atoms with Crippen LogP contribution in [0.25, 0.3) is 21.7 Å². The van der Waals surface area contributed by atoms with Gasteiger partial charge in [0.15, 0.2) is 0 Å². The lowest BCUT2D eigenvalue weighted by molar-refractivity contribution is -0.123. The van der Waals surface area contributed by atoms with Gasteiger partial charge in [-0.25, -0.2) is 4.98 Å². The number of amides is 1. The maximum Gasteiger partial charge on any atom is 0.260 e. The Labute approximate surface area is 133 Å². The van der Waals surface area contributed by atoms with Crippen LogP contribution < -0.4 is 10.9 Å². The minimum absolute atomic E-state index is 0.178. The van der Waals surface area contributed by atoms with Gasteiger partial charge in [0.25, 0.3) is 5.56 Å². The highest BCUT2D eigenvalue weighted by Crippen LogP contribution is 2.25. The van der Waals surface area contributed by atoms with Gasteiger partial charge in [-0.05, 0) is 29.3 Å². The van der Waals surface area contributed by atoms with Crippen LogP contribution in [0.1, 0.15) is 26.3 Å². The van der Waals surface area contributed by atoms with Crippen molar-refractivity contribution in [1.29, 1.82) is 0 Å². The second-order valence-electron chi connectivity index (χ2n) is 6.75. The topological polar surface area (TPSA) is 74.8 Å². The van der Waals surface area contributed by atoms with Gasteiger partial charge in [0.05, 0.1) is 10.9 Å². The summed E-state index contributed by atoms with van der Waals surface area (Å²) in [5.74, 6) is -0.0189. The zero-order valence-electron chi connectivity index (χ0n) is 13.7. The Kier molecular flexibility index (Phi) is 3.43. The van der Waals surface area contributed by atoms with E-state index in [0.29, 0.717) is 10.9 Å². The van der Waals surface area contributed by atoms with Gasteiger partial charge in [-0.3, -0.25) is 19.9 Å². The van der Waals surface area contributed by atoms with Crippen LogP contribution in [-0.2, 0) is 4.79 Å². The first-order valence-corrected chi connectivity index (χ1v) is 7.51. The van der Waals surface area contributed by atoms with Crippen LogP contribution in [0.3, 0.4) is 0 Å². The maximum atomic E-state index is 12.5. The molecule has 0 saturated heterocycles. The molecular weight excluding hydrogens is 290 g/mol. The molecule has 2 N–H and O–H groups in total. The molecule has 3 rings (SSSR count). The number of aromatic amines is 1. The number of aryl methyl sites for hydroxylation is 1. The van der Waals surface area contributed by atoms with Gasteiger partial charge >= 0.3 is 0 Å². The van der Waals surface area contributed by atoms with Crippen LogP contribution in [0.4, 0.5) is 5.95 Å². The van der Waals surface area contributed by atoms with E-state index >= 15 is 0 Å². The lowest BCUT2D eigenvalue weighted by Crippen LogP contribution is -2.29. The Morgan fingerprint density at radius 3 is 2.48 bits per heavy atom. The number of benzene rings is 2. The second-order valence-corrected chi connectivity index (χ2v) is 6.75. The summed E-state index contributed by atoms with van der Waals surface area (Å²) in [6, 6.07) is 9.62. The highest BCUT2D eigenvalue weighted by atomic mass is 16.2. The number of nitrogens with zero attached hydrogens (tertiary/aromatic N) is 1. The van der Waals surface area contributed by atoms with E-state index in [4.69, 9.17) is 0 Å². The van der Waals surface area contributed by atoms with Crippen LogP contribution in [0.15, 0.2) is 35.1 Å². The minimum Gasteiger partial charge on any atom is -0.296 e. The number of fused-ring (bicyclic) bond motifs is 3. The van der Waals surface area contributed by atoms with Gasteiger partial charge in [0, 0.05) is 5.41 Å². The summed E-state index contributed by atoms with van der Waals surface area (Å²) in [4.78, 5) is 31.7. The van der Waals surface area contributed by atoms with Crippen molar-refractivity contribution in [3.8, 4) is 0 Å². The summed E-state index contributed by atoms with van der Waals surface area (Å²) in [5, 5.41) is 5.11. The van der Waals surface area contributed by atoms with Crippen LogP contribution in [-0.4, -0.2) is 15.9 Å². The van der Waals surface area contributed by atoms with E-state index in [2.05, 4.69) is 15.3 Å². The van der Waals surface area contributed by atoms with E-state index in [-0.39, 0.29) is 17.4 Å². The zero-order valence-corrected chi connectivity index (χ0v) is 13.7. The molecule has 5 nitrogen and oxygen atoms in total. The molecule has 23 heavy (non-hydrogen) atoms. The largest absolute Gasteiger partial charge is 0.296 e. The quantitative estimate of drug-likeness (QED) is 0.677. The van der Waals surface area contributed by atoms with Gasteiger partial charge in [-0.15, -0.1) is 0 Å². The van der Waals surface area contributed by atoms with Crippen LogP contribution in [0.5, 0.6) is 0 Å². The summed E-state index contributed by atoms with van der Waals surface area (Å²) >= 11 is 0. The summed E-state index contributed by atoms with van der Waals surface area (Å²) in [5.41, 5.74) is 0.802. The van der Waals surface area contributed by atoms with Crippen molar-refractivity contribution >= 4 is 33.5 Å². The minimum atomic E-state index is -0.563. The molecule has 1 amide bonds. The van der Waals surface area contributed by atoms with Crippen molar-refractivity contribution in [2.45, 2.75) is 27.7 Å². The highest BCUT2D eigenvalue weighted by molar-refractivity contribution is 6.07. The van der Waals surface area contributed by atoms with Crippen LogP contribution in [0, 0.1) is 12.3 Å². The van der Waals surface area contributed by atoms with Crippen LogP contribution >= 0.6 is 0 Å². The number of carbonyl (C=O) groups excluding carboxylic acids is 1. The number of anilines is 1. The van der Waals surface area contributed by atoms with E-state index in [9.17, 15) is 9.59 Å². The number of H-pyrrole nitrogens is 1. The van der Waals surface area contributed by atoms with E-state index in [1.54, 1.807) is 20.8 Å². The van der Waals surface area contributed by atoms with E-state index in [0.717, 1.165) is 16.3 Å². The van der Waals surface area contributed by atoms with Crippen molar-refractivity contribution < 1.29 is 4.79 Å². The standard InChI is InChI=1S/C18H19N3O2/c1-10-9-13-14(12-8-6-5-7-11(10)12)15(22)20-17(19-13)21-16(23)18(2,3)4/h5-9H,1-4H3,(H2,19,20,21,22,23). The molecule has 0 bridgehead atoms. The molecule has 0 atom stereocenters.